The quantitative estimate of drug-likeness (QED) is 0.753. The molecule has 1 heterocycles. The zero-order chi connectivity index (χ0) is 13.8. The fraction of sp³-hybridized carbons (Fsp3) is 0.214. The lowest BCUT2D eigenvalue weighted by Crippen LogP contribution is -2.00. The summed E-state index contributed by atoms with van der Waals surface area (Å²) >= 11 is 9.00. The van der Waals surface area contributed by atoms with Gasteiger partial charge in [0.25, 0.3) is 0 Å². The van der Waals surface area contributed by atoms with E-state index >= 15 is 0 Å². The Kier molecular flexibility index (Phi) is 4.77. The van der Waals surface area contributed by atoms with E-state index in [1.165, 1.54) is 12.1 Å². The van der Waals surface area contributed by atoms with Crippen LogP contribution in [0.5, 0.6) is 5.75 Å². The van der Waals surface area contributed by atoms with Crippen molar-refractivity contribution in [1.82, 2.24) is 4.98 Å². The lowest BCUT2D eigenvalue weighted by molar-refractivity contribution is 0.301. The Labute approximate surface area is 124 Å². The van der Waals surface area contributed by atoms with Crippen molar-refractivity contribution in [2.75, 3.05) is 0 Å². The van der Waals surface area contributed by atoms with E-state index in [0.717, 1.165) is 17.0 Å². The predicted octanol–water partition coefficient (Wildman–Crippen LogP) is 4.66. The van der Waals surface area contributed by atoms with Gasteiger partial charge >= 0.3 is 0 Å². The first kappa shape index (κ1) is 14.3. The lowest BCUT2D eigenvalue weighted by atomic mass is 10.2. The van der Waals surface area contributed by atoms with Gasteiger partial charge in [0.1, 0.15) is 18.2 Å². The van der Waals surface area contributed by atoms with Crippen molar-refractivity contribution in [3.05, 3.63) is 58.1 Å². The Hall–Kier alpha value is -1.13. The first-order valence-corrected chi connectivity index (χ1v) is 7.19. The molecule has 2 aromatic rings. The van der Waals surface area contributed by atoms with E-state index in [1.54, 1.807) is 6.07 Å². The SMILES string of the molecule is Cc1ccc(OCc2ccc(Cl)c(F)c2)c(CBr)n1. The summed E-state index contributed by atoms with van der Waals surface area (Å²) in [5, 5.41) is 0.723. The summed E-state index contributed by atoms with van der Waals surface area (Å²) in [7, 11) is 0. The highest BCUT2D eigenvalue weighted by Gasteiger charge is 2.06. The fourth-order valence-electron chi connectivity index (χ4n) is 1.62. The van der Waals surface area contributed by atoms with Gasteiger partial charge in [-0.3, -0.25) is 4.98 Å². The van der Waals surface area contributed by atoms with Crippen molar-refractivity contribution in [3.8, 4) is 5.75 Å². The molecule has 2 rings (SSSR count). The topological polar surface area (TPSA) is 22.1 Å². The molecular formula is C14H12BrClFNO. The van der Waals surface area contributed by atoms with E-state index in [2.05, 4.69) is 20.9 Å². The Morgan fingerprint density at radius 1 is 1.32 bits per heavy atom. The second-order valence-corrected chi connectivity index (χ2v) is 5.04. The number of hydrogen-bond donors (Lipinski definition) is 0. The largest absolute Gasteiger partial charge is 0.487 e. The molecule has 0 radical (unpaired) electrons. The molecule has 0 N–H and O–H groups in total. The van der Waals surface area contributed by atoms with Gasteiger partial charge in [0.15, 0.2) is 0 Å². The Bertz CT molecular complexity index is 592. The molecule has 2 nitrogen and oxygen atoms in total. The fourth-order valence-corrected chi connectivity index (χ4v) is 2.13. The molecule has 0 amide bonds. The molecule has 0 spiro atoms. The number of nitrogens with zero attached hydrogens (tertiary/aromatic N) is 1. The molecule has 0 aliphatic carbocycles. The molecule has 0 bridgehead atoms. The van der Waals surface area contributed by atoms with Crippen molar-refractivity contribution < 1.29 is 9.13 Å². The minimum atomic E-state index is -0.439. The molecule has 5 heteroatoms. The van der Waals surface area contributed by atoms with E-state index in [4.69, 9.17) is 16.3 Å². The molecule has 0 saturated heterocycles. The lowest BCUT2D eigenvalue weighted by Gasteiger charge is -2.10. The molecule has 1 aromatic heterocycles. The number of ether oxygens (including phenoxy) is 1. The number of hydrogen-bond acceptors (Lipinski definition) is 2. The van der Waals surface area contributed by atoms with Crippen LogP contribution in [0.25, 0.3) is 0 Å². The number of rotatable bonds is 4. The average molecular weight is 345 g/mol. The van der Waals surface area contributed by atoms with Gasteiger partial charge in [-0.1, -0.05) is 33.6 Å². The molecule has 0 fully saturated rings. The highest BCUT2D eigenvalue weighted by molar-refractivity contribution is 9.08. The van der Waals surface area contributed by atoms with Crippen molar-refractivity contribution >= 4 is 27.5 Å². The number of aryl methyl sites for hydroxylation is 1. The first-order chi connectivity index (χ1) is 9.10. The maximum Gasteiger partial charge on any atom is 0.142 e. The highest BCUT2D eigenvalue weighted by Crippen LogP contribution is 2.22. The van der Waals surface area contributed by atoms with Crippen LogP contribution in [0.15, 0.2) is 30.3 Å². The number of aromatic nitrogens is 1. The maximum atomic E-state index is 13.3. The molecule has 0 unspecified atom stereocenters. The van der Waals surface area contributed by atoms with Crippen molar-refractivity contribution in [3.63, 3.8) is 0 Å². The van der Waals surface area contributed by atoms with Gasteiger partial charge in [-0.25, -0.2) is 4.39 Å². The van der Waals surface area contributed by atoms with Crippen LogP contribution in [0.2, 0.25) is 5.02 Å². The van der Waals surface area contributed by atoms with E-state index in [9.17, 15) is 4.39 Å². The van der Waals surface area contributed by atoms with E-state index in [0.29, 0.717) is 11.1 Å². The van der Waals surface area contributed by atoms with Gasteiger partial charge in [0, 0.05) is 11.0 Å². The van der Waals surface area contributed by atoms with Gasteiger partial charge in [0.2, 0.25) is 0 Å². The predicted molar refractivity (Wildman–Crippen MR) is 77.3 cm³/mol. The van der Waals surface area contributed by atoms with Crippen molar-refractivity contribution in [1.29, 1.82) is 0 Å². The minimum Gasteiger partial charge on any atom is -0.487 e. The Morgan fingerprint density at radius 3 is 2.79 bits per heavy atom. The molecule has 0 aliphatic rings. The van der Waals surface area contributed by atoms with Crippen LogP contribution in [-0.2, 0) is 11.9 Å². The van der Waals surface area contributed by atoms with Crippen LogP contribution in [0.4, 0.5) is 4.39 Å². The van der Waals surface area contributed by atoms with Crippen molar-refractivity contribution in [2.45, 2.75) is 18.9 Å². The smallest absolute Gasteiger partial charge is 0.142 e. The third-order valence-electron chi connectivity index (χ3n) is 2.58. The van der Waals surface area contributed by atoms with Crippen molar-refractivity contribution in [2.24, 2.45) is 0 Å². The summed E-state index contributed by atoms with van der Waals surface area (Å²) in [5.41, 5.74) is 2.48. The normalized spacial score (nSPS) is 10.5. The van der Waals surface area contributed by atoms with Gasteiger partial charge in [-0.15, -0.1) is 0 Å². The van der Waals surface area contributed by atoms with E-state index in [-0.39, 0.29) is 11.6 Å². The van der Waals surface area contributed by atoms with Gasteiger partial charge in [0.05, 0.1) is 10.7 Å². The van der Waals surface area contributed by atoms with Crippen LogP contribution < -0.4 is 4.74 Å². The molecule has 100 valence electrons. The monoisotopic (exact) mass is 343 g/mol. The Morgan fingerprint density at radius 2 is 2.11 bits per heavy atom. The van der Waals surface area contributed by atoms with Gasteiger partial charge in [-0.2, -0.15) is 0 Å². The molecule has 1 aromatic carbocycles. The second kappa shape index (κ2) is 6.35. The third-order valence-corrected chi connectivity index (χ3v) is 3.41. The first-order valence-electron chi connectivity index (χ1n) is 5.69. The van der Waals surface area contributed by atoms with Crippen LogP contribution in [0.1, 0.15) is 17.0 Å². The number of alkyl halides is 1. The highest BCUT2D eigenvalue weighted by atomic mass is 79.9. The summed E-state index contributed by atoms with van der Waals surface area (Å²) in [6, 6.07) is 8.38. The van der Waals surface area contributed by atoms with Crippen LogP contribution in [0.3, 0.4) is 0 Å². The summed E-state index contributed by atoms with van der Waals surface area (Å²) < 4.78 is 19.0. The summed E-state index contributed by atoms with van der Waals surface area (Å²) in [6.07, 6.45) is 0. The number of benzene rings is 1. The molecule has 19 heavy (non-hydrogen) atoms. The summed E-state index contributed by atoms with van der Waals surface area (Å²) in [5.74, 6) is 0.253. The molecule has 0 saturated carbocycles. The zero-order valence-corrected chi connectivity index (χ0v) is 12.6. The minimum absolute atomic E-state index is 0.113. The Balaban J connectivity index is 2.12. The zero-order valence-electron chi connectivity index (χ0n) is 10.3. The molecule has 0 atom stereocenters. The second-order valence-electron chi connectivity index (χ2n) is 4.07. The summed E-state index contributed by atoms with van der Waals surface area (Å²) in [6.45, 7) is 2.20. The third kappa shape index (κ3) is 3.67. The average Bonchev–Trinajstić information content (AvgIpc) is 2.41. The summed E-state index contributed by atoms with van der Waals surface area (Å²) in [4.78, 5) is 4.37. The van der Waals surface area contributed by atoms with Crippen LogP contribution in [0, 0.1) is 12.7 Å². The van der Waals surface area contributed by atoms with Gasteiger partial charge < -0.3 is 4.74 Å². The van der Waals surface area contributed by atoms with Crippen LogP contribution in [-0.4, -0.2) is 4.98 Å². The number of pyridine rings is 1. The van der Waals surface area contributed by atoms with Gasteiger partial charge in [-0.05, 0) is 36.8 Å². The standard InChI is InChI=1S/C14H12BrClFNO/c1-9-2-5-14(13(7-15)18-9)19-8-10-3-4-11(16)12(17)6-10/h2-6H,7-8H2,1H3. The van der Waals surface area contributed by atoms with E-state index < -0.39 is 5.82 Å². The van der Waals surface area contributed by atoms with E-state index in [1.807, 2.05) is 19.1 Å². The molecular weight excluding hydrogens is 333 g/mol. The maximum absolute atomic E-state index is 13.3. The molecule has 0 aliphatic heterocycles. The van der Waals surface area contributed by atoms with Crippen LogP contribution >= 0.6 is 27.5 Å². The number of halogens is 3.